The second kappa shape index (κ2) is 3.54. The lowest BCUT2D eigenvalue weighted by atomic mass is 9.76. The number of allylic oxidation sites excluding steroid dienone is 6. The average molecular weight is 225 g/mol. The van der Waals surface area contributed by atoms with Crippen molar-refractivity contribution in [3.8, 4) is 0 Å². The molecule has 2 bridgehead atoms. The van der Waals surface area contributed by atoms with Gasteiger partial charge in [0.2, 0.25) is 0 Å². The number of rotatable bonds is 0. The van der Waals surface area contributed by atoms with E-state index in [1.165, 1.54) is 37.7 Å². The lowest BCUT2D eigenvalue weighted by Crippen LogP contribution is -2.19. The van der Waals surface area contributed by atoms with Gasteiger partial charge in [-0.25, -0.2) is 0 Å². The highest BCUT2D eigenvalue weighted by atomic mass is 14.6. The smallest absolute Gasteiger partial charge is 0.0527 e. The summed E-state index contributed by atoms with van der Waals surface area (Å²) in [5.41, 5.74) is 4.78. The lowest BCUT2D eigenvalue weighted by molar-refractivity contribution is 0.304. The first-order chi connectivity index (χ1) is 8.33. The third-order valence-corrected chi connectivity index (χ3v) is 5.62. The minimum Gasteiger partial charge on any atom is -0.0527 e. The summed E-state index contributed by atoms with van der Waals surface area (Å²) in [5, 5.41) is 0. The van der Waals surface area contributed by atoms with E-state index in [-0.39, 0.29) is 0 Å². The van der Waals surface area contributed by atoms with Crippen molar-refractivity contribution in [3.05, 3.63) is 41.4 Å². The zero-order valence-electron chi connectivity index (χ0n) is 10.7. The van der Waals surface area contributed by atoms with Crippen LogP contribution in [0.3, 0.4) is 0 Å². The van der Waals surface area contributed by atoms with Gasteiger partial charge in [0.25, 0.3) is 0 Å². The molecule has 0 N–H and O–H groups in total. The standard InChI is InChI=1S/C17H21/c1-11-4-2-5-12(8-11)16-9-13-10-17(16)15-7-3-6-14(13)15/h2,4-5,8,13-15,17H,3,6-7,9-10H2,1H3/q+1/b16-12+/t13-,14-,15-,17+/m1/s1. The molecule has 0 aromatic heterocycles. The van der Waals surface area contributed by atoms with Crippen molar-refractivity contribution in [1.29, 1.82) is 0 Å². The molecule has 17 heavy (non-hydrogen) atoms. The molecule has 88 valence electrons. The number of fused-ring (bicyclic) bond motifs is 5. The van der Waals surface area contributed by atoms with Gasteiger partial charge in [0, 0.05) is 48.1 Å². The molecule has 3 saturated carbocycles. The fraction of sp³-hybridized carbons (Fsp3) is 0.588. The molecule has 4 aliphatic rings. The minimum atomic E-state index is 0.953. The normalized spacial score (nSPS) is 47.0. The quantitative estimate of drug-likeness (QED) is 0.534. The van der Waals surface area contributed by atoms with Crippen LogP contribution in [-0.2, 0) is 0 Å². The Labute approximate surface area is 104 Å². The van der Waals surface area contributed by atoms with E-state index in [1.807, 2.05) is 5.57 Å². The van der Waals surface area contributed by atoms with Gasteiger partial charge in [-0.3, -0.25) is 0 Å². The predicted molar refractivity (Wildman–Crippen MR) is 71.3 cm³/mol. The van der Waals surface area contributed by atoms with Crippen LogP contribution in [0.4, 0.5) is 0 Å². The molecule has 0 aromatic carbocycles. The Balaban J connectivity index is 1.70. The van der Waals surface area contributed by atoms with E-state index in [0.29, 0.717) is 0 Å². The molecular weight excluding hydrogens is 204 g/mol. The van der Waals surface area contributed by atoms with Crippen molar-refractivity contribution in [2.24, 2.45) is 23.7 Å². The zero-order chi connectivity index (χ0) is 11.4. The fourth-order valence-corrected chi connectivity index (χ4v) is 5.02. The first kappa shape index (κ1) is 10.1. The van der Waals surface area contributed by atoms with E-state index < -0.39 is 0 Å². The van der Waals surface area contributed by atoms with Crippen LogP contribution in [0.25, 0.3) is 0 Å². The Morgan fingerprint density at radius 2 is 2.12 bits per heavy atom. The summed E-state index contributed by atoms with van der Waals surface area (Å²) < 4.78 is 0. The third-order valence-electron chi connectivity index (χ3n) is 5.62. The highest BCUT2D eigenvalue weighted by Crippen LogP contribution is 2.61. The van der Waals surface area contributed by atoms with Gasteiger partial charge in [-0.05, 0) is 43.9 Å². The SMILES string of the molecule is CC1=C/C(=C2\C[C@@H]3C[C@H]2[C@@H]2CCC[C@H]32)[CH+]C=C1. The molecule has 0 spiro atoms. The van der Waals surface area contributed by atoms with Crippen molar-refractivity contribution >= 4 is 0 Å². The first-order valence-corrected chi connectivity index (χ1v) is 7.25. The Hall–Kier alpha value is -0.910. The molecule has 0 aromatic rings. The molecule has 4 rings (SSSR count). The van der Waals surface area contributed by atoms with Crippen LogP contribution in [0.2, 0.25) is 0 Å². The maximum atomic E-state index is 2.40. The van der Waals surface area contributed by atoms with Gasteiger partial charge in [-0.15, -0.1) is 0 Å². The van der Waals surface area contributed by atoms with Crippen LogP contribution in [0.1, 0.15) is 39.0 Å². The van der Waals surface area contributed by atoms with Crippen LogP contribution in [0.5, 0.6) is 0 Å². The summed E-state index contributed by atoms with van der Waals surface area (Å²) in [6.45, 7) is 2.22. The molecule has 0 amide bonds. The van der Waals surface area contributed by atoms with Gasteiger partial charge in [-0.1, -0.05) is 6.42 Å². The topological polar surface area (TPSA) is 0 Å². The van der Waals surface area contributed by atoms with Gasteiger partial charge in [0.1, 0.15) is 0 Å². The molecule has 0 heterocycles. The van der Waals surface area contributed by atoms with E-state index in [1.54, 1.807) is 5.57 Å². The van der Waals surface area contributed by atoms with Crippen LogP contribution >= 0.6 is 0 Å². The Bertz CT molecular complexity index is 435. The minimum absolute atomic E-state index is 0.953. The summed E-state index contributed by atoms with van der Waals surface area (Å²) in [6, 6.07) is 0. The number of hydrogen-bond donors (Lipinski definition) is 0. The van der Waals surface area contributed by atoms with E-state index in [9.17, 15) is 0 Å². The number of hydrogen-bond acceptors (Lipinski definition) is 0. The van der Waals surface area contributed by atoms with Crippen LogP contribution < -0.4 is 0 Å². The van der Waals surface area contributed by atoms with E-state index in [0.717, 1.165) is 23.7 Å². The first-order valence-electron chi connectivity index (χ1n) is 7.25. The molecule has 0 aliphatic heterocycles. The maximum absolute atomic E-state index is 2.40. The monoisotopic (exact) mass is 225 g/mol. The van der Waals surface area contributed by atoms with Gasteiger partial charge < -0.3 is 0 Å². The molecular formula is C17H21+. The predicted octanol–water partition coefficient (Wildman–Crippen LogP) is 4.46. The molecule has 3 fully saturated rings. The van der Waals surface area contributed by atoms with E-state index in [4.69, 9.17) is 0 Å². The Morgan fingerprint density at radius 3 is 3.00 bits per heavy atom. The molecule has 0 heteroatoms. The van der Waals surface area contributed by atoms with Gasteiger partial charge in [0.05, 0.1) is 5.57 Å². The molecule has 0 nitrogen and oxygen atoms in total. The fourth-order valence-electron chi connectivity index (χ4n) is 5.02. The summed E-state index contributed by atoms with van der Waals surface area (Å²) in [5.74, 6) is 4.16. The molecule has 0 radical (unpaired) electrons. The second-order valence-corrected chi connectivity index (χ2v) is 6.46. The maximum Gasteiger partial charge on any atom is 0.0953 e. The highest BCUT2D eigenvalue weighted by molar-refractivity contribution is 5.47. The molecule has 0 saturated heterocycles. The Morgan fingerprint density at radius 1 is 1.24 bits per heavy atom. The summed E-state index contributed by atoms with van der Waals surface area (Å²) in [4.78, 5) is 0. The summed E-state index contributed by atoms with van der Waals surface area (Å²) in [7, 11) is 0. The van der Waals surface area contributed by atoms with Crippen molar-refractivity contribution in [3.63, 3.8) is 0 Å². The van der Waals surface area contributed by atoms with E-state index >= 15 is 0 Å². The van der Waals surface area contributed by atoms with Gasteiger partial charge in [0.15, 0.2) is 0 Å². The second-order valence-electron chi connectivity index (χ2n) is 6.46. The highest BCUT2D eigenvalue weighted by Gasteiger charge is 2.54. The van der Waals surface area contributed by atoms with Crippen LogP contribution in [0.15, 0.2) is 34.9 Å². The Kier molecular flexibility index (Phi) is 2.09. The zero-order valence-corrected chi connectivity index (χ0v) is 10.7. The summed E-state index contributed by atoms with van der Waals surface area (Å²) in [6.07, 6.45) is 16.7. The lowest BCUT2D eigenvalue weighted by Gasteiger charge is -2.25. The third kappa shape index (κ3) is 1.39. The van der Waals surface area contributed by atoms with Crippen molar-refractivity contribution in [2.75, 3.05) is 0 Å². The van der Waals surface area contributed by atoms with Crippen molar-refractivity contribution in [2.45, 2.75) is 39.0 Å². The summed E-state index contributed by atoms with van der Waals surface area (Å²) >= 11 is 0. The molecule has 4 atom stereocenters. The van der Waals surface area contributed by atoms with Crippen molar-refractivity contribution in [1.82, 2.24) is 0 Å². The largest absolute Gasteiger partial charge is 0.0953 e. The average Bonchev–Trinajstić information content (AvgIpc) is 3.01. The van der Waals surface area contributed by atoms with Crippen molar-refractivity contribution < 1.29 is 0 Å². The van der Waals surface area contributed by atoms with Gasteiger partial charge in [-0.2, -0.15) is 0 Å². The van der Waals surface area contributed by atoms with Crippen LogP contribution in [-0.4, -0.2) is 0 Å². The van der Waals surface area contributed by atoms with Crippen LogP contribution in [0, 0.1) is 30.1 Å². The van der Waals surface area contributed by atoms with E-state index in [2.05, 4.69) is 31.6 Å². The molecule has 0 unspecified atom stereocenters. The van der Waals surface area contributed by atoms with Gasteiger partial charge >= 0.3 is 0 Å². The molecule has 4 aliphatic carbocycles.